The van der Waals surface area contributed by atoms with E-state index in [1.165, 1.54) is 0 Å². The van der Waals surface area contributed by atoms with Crippen molar-refractivity contribution in [3.8, 4) is 0 Å². The lowest BCUT2D eigenvalue weighted by Crippen LogP contribution is -2.11. The third-order valence-electron chi connectivity index (χ3n) is 3.07. The van der Waals surface area contributed by atoms with E-state index in [0.717, 1.165) is 48.1 Å². The second-order valence-corrected chi connectivity index (χ2v) is 4.81. The Balaban J connectivity index is 2.20. The number of nitrogens with zero attached hydrogens (tertiary/aromatic N) is 4. The molecule has 0 saturated carbocycles. The Bertz CT molecular complexity index is 570. The lowest BCUT2D eigenvalue weighted by molar-refractivity contribution is 0.827. The van der Waals surface area contributed by atoms with Crippen LogP contribution in [0.15, 0.2) is 18.3 Å². The summed E-state index contributed by atoms with van der Waals surface area (Å²) in [6.45, 7) is 7.65. The summed E-state index contributed by atoms with van der Waals surface area (Å²) in [6.07, 6.45) is 3.57. The van der Waals surface area contributed by atoms with Crippen LogP contribution in [-0.4, -0.2) is 26.7 Å². The fourth-order valence-corrected chi connectivity index (χ4v) is 2.01. The van der Waals surface area contributed by atoms with Crippen LogP contribution in [0.1, 0.15) is 37.4 Å². The predicted octanol–water partition coefficient (Wildman–Crippen LogP) is 2.57. The van der Waals surface area contributed by atoms with Gasteiger partial charge < -0.3 is 10.6 Å². The third-order valence-corrected chi connectivity index (χ3v) is 3.07. The van der Waals surface area contributed by atoms with Gasteiger partial charge in [-0.15, -0.1) is 0 Å². The summed E-state index contributed by atoms with van der Waals surface area (Å²) >= 11 is 0. The summed E-state index contributed by atoms with van der Waals surface area (Å²) in [5.74, 6) is 2.62. The smallest absolute Gasteiger partial charge is 0.135 e. The Morgan fingerprint density at radius 3 is 2.48 bits per heavy atom. The average molecular weight is 286 g/mol. The minimum atomic E-state index is 0.600. The van der Waals surface area contributed by atoms with E-state index in [1.807, 2.05) is 19.1 Å². The van der Waals surface area contributed by atoms with Crippen molar-refractivity contribution in [3.05, 3.63) is 35.4 Å². The highest BCUT2D eigenvalue weighted by molar-refractivity contribution is 5.57. The van der Waals surface area contributed by atoms with Gasteiger partial charge in [-0.25, -0.2) is 9.97 Å². The largest absolute Gasteiger partial charge is 0.370 e. The summed E-state index contributed by atoms with van der Waals surface area (Å²) in [7, 11) is 0. The molecular weight excluding hydrogens is 264 g/mol. The van der Waals surface area contributed by atoms with Crippen molar-refractivity contribution >= 4 is 11.6 Å². The fraction of sp³-hybridized carbons (Fsp3) is 0.467. The van der Waals surface area contributed by atoms with Gasteiger partial charge in [0.25, 0.3) is 0 Å². The number of hydrogen-bond donors (Lipinski definition) is 2. The molecule has 0 unspecified atom stereocenters. The molecule has 0 spiro atoms. The van der Waals surface area contributed by atoms with Crippen LogP contribution in [0.3, 0.4) is 0 Å². The Kier molecular flexibility index (Phi) is 5.43. The molecular formula is C15H22N6. The van der Waals surface area contributed by atoms with E-state index < -0.39 is 0 Å². The first kappa shape index (κ1) is 15.2. The summed E-state index contributed by atoms with van der Waals surface area (Å²) in [5, 5.41) is 14.6. The van der Waals surface area contributed by atoms with Gasteiger partial charge in [0.1, 0.15) is 17.5 Å². The Morgan fingerprint density at radius 2 is 1.86 bits per heavy atom. The maximum Gasteiger partial charge on any atom is 0.135 e. The lowest BCUT2D eigenvalue weighted by atomic mass is 10.2. The lowest BCUT2D eigenvalue weighted by Gasteiger charge is -2.14. The molecule has 0 aliphatic heterocycles. The van der Waals surface area contributed by atoms with Crippen LogP contribution in [0, 0.1) is 6.92 Å². The Hall–Kier alpha value is -2.24. The topological polar surface area (TPSA) is 75.6 Å². The molecule has 0 aliphatic carbocycles. The molecule has 0 atom stereocenters. The second-order valence-electron chi connectivity index (χ2n) is 4.81. The quantitative estimate of drug-likeness (QED) is 0.814. The van der Waals surface area contributed by atoms with Gasteiger partial charge in [-0.3, -0.25) is 0 Å². The molecule has 6 nitrogen and oxygen atoms in total. The summed E-state index contributed by atoms with van der Waals surface area (Å²) < 4.78 is 0. The van der Waals surface area contributed by atoms with Crippen LogP contribution in [-0.2, 0) is 13.0 Å². The normalized spacial score (nSPS) is 10.4. The molecule has 6 heteroatoms. The van der Waals surface area contributed by atoms with Crippen LogP contribution < -0.4 is 10.6 Å². The van der Waals surface area contributed by atoms with Crippen LogP contribution >= 0.6 is 0 Å². The highest BCUT2D eigenvalue weighted by Gasteiger charge is 2.10. The van der Waals surface area contributed by atoms with E-state index in [9.17, 15) is 0 Å². The van der Waals surface area contributed by atoms with E-state index in [-0.39, 0.29) is 0 Å². The maximum atomic E-state index is 4.61. The first-order chi connectivity index (χ1) is 10.2. The van der Waals surface area contributed by atoms with Crippen LogP contribution in [0.2, 0.25) is 0 Å². The van der Waals surface area contributed by atoms with E-state index in [2.05, 4.69) is 44.6 Å². The van der Waals surface area contributed by atoms with Gasteiger partial charge in [0.05, 0.1) is 12.2 Å². The van der Waals surface area contributed by atoms with E-state index >= 15 is 0 Å². The van der Waals surface area contributed by atoms with Crippen molar-refractivity contribution in [2.75, 3.05) is 17.2 Å². The Morgan fingerprint density at radius 1 is 1.10 bits per heavy atom. The van der Waals surface area contributed by atoms with E-state index in [1.54, 1.807) is 6.20 Å². The molecule has 0 radical (unpaired) electrons. The molecule has 2 aromatic heterocycles. The molecule has 21 heavy (non-hydrogen) atoms. The standard InChI is InChI=1S/C15H22N6/c1-4-7-13-19-14(16-5-2)11(3)15(20-13)17-10-12-8-6-9-18-21-12/h6,8-9H,4-5,7,10H2,1-3H3,(H2,16,17,19,20). The van der Waals surface area contributed by atoms with Crippen molar-refractivity contribution in [1.82, 2.24) is 20.2 Å². The van der Waals surface area contributed by atoms with Gasteiger partial charge in [0, 0.05) is 24.7 Å². The van der Waals surface area contributed by atoms with Crippen molar-refractivity contribution < 1.29 is 0 Å². The van der Waals surface area contributed by atoms with Crippen molar-refractivity contribution in [3.63, 3.8) is 0 Å². The number of hydrogen-bond acceptors (Lipinski definition) is 6. The number of aryl methyl sites for hydroxylation is 1. The molecule has 2 heterocycles. The van der Waals surface area contributed by atoms with Gasteiger partial charge in [-0.05, 0) is 32.4 Å². The molecule has 0 saturated heterocycles. The van der Waals surface area contributed by atoms with Gasteiger partial charge in [0.15, 0.2) is 0 Å². The minimum absolute atomic E-state index is 0.600. The first-order valence-electron chi connectivity index (χ1n) is 7.36. The van der Waals surface area contributed by atoms with Gasteiger partial charge in [-0.1, -0.05) is 6.92 Å². The molecule has 2 N–H and O–H groups in total. The van der Waals surface area contributed by atoms with E-state index in [0.29, 0.717) is 6.54 Å². The van der Waals surface area contributed by atoms with Gasteiger partial charge in [0.2, 0.25) is 0 Å². The molecule has 0 amide bonds. The SMILES string of the molecule is CCCc1nc(NCC)c(C)c(NCc2cccnn2)n1. The summed E-state index contributed by atoms with van der Waals surface area (Å²) in [4.78, 5) is 9.19. The van der Waals surface area contributed by atoms with Crippen molar-refractivity contribution in [2.24, 2.45) is 0 Å². The zero-order chi connectivity index (χ0) is 15.1. The fourth-order valence-electron chi connectivity index (χ4n) is 2.01. The zero-order valence-corrected chi connectivity index (χ0v) is 12.8. The predicted molar refractivity (Wildman–Crippen MR) is 84.3 cm³/mol. The third kappa shape index (κ3) is 4.11. The van der Waals surface area contributed by atoms with Crippen molar-refractivity contribution in [1.29, 1.82) is 0 Å². The van der Waals surface area contributed by atoms with E-state index in [4.69, 9.17) is 0 Å². The minimum Gasteiger partial charge on any atom is -0.370 e. The van der Waals surface area contributed by atoms with Crippen LogP contribution in [0.5, 0.6) is 0 Å². The molecule has 112 valence electrons. The molecule has 0 aliphatic rings. The number of anilines is 2. The molecule has 2 rings (SSSR count). The molecule has 0 bridgehead atoms. The van der Waals surface area contributed by atoms with Crippen LogP contribution in [0.4, 0.5) is 11.6 Å². The van der Waals surface area contributed by atoms with Gasteiger partial charge in [-0.2, -0.15) is 10.2 Å². The number of aromatic nitrogens is 4. The molecule has 0 aromatic carbocycles. The first-order valence-corrected chi connectivity index (χ1v) is 7.36. The number of rotatable bonds is 7. The number of nitrogens with one attached hydrogen (secondary N) is 2. The average Bonchev–Trinajstić information content (AvgIpc) is 2.50. The summed E-state index contributed by atoms with van der Waals surface area (Å²) in [5.41, 5.74) is 1.91. The van der Waals surface area contributed by atoms with Crippen LogP contribution in [0.25, 0.3) is 0 Å². The maximum absolute atomic E-state index is 4.61. The summed E-state index contributed by atoms with van der Waals surface area (Å²) in [6, 6.07) is 3.82. The monoisotopic (exact) mass is 286 g/mol. The van der Waals surface area contributed by atoms with Gasteiger partial charge >= 0.3 is 0 Å². The highest BCUT2D eigenvalue weighted by atomic mass is 15.1. The molecule has 0 fully saturated rings. The zero-order valence-electron chi connectivity index (χ0n) is 12.8. The highest BCUT2D eigenvalue weighted by Crippen LogP contribution is 2.20. The Labute approximate surface area is 125 Å². The second kappa shape index (κ2) is 7.52. The van der Waals surface area contributed by atoms with Crippen molar-refractivity contribution in [2.45, 2.75) is 40.2 Å². The molecule has 2 aromatic rings.